The number of thiol groups is 1. The maximum Gasteiger partial charge on any atom is 0.0848 e. The Balaban J connectivity index is 3.03. The van der Waals surface area contributed by atoms with E-state index in [1.165, 1.54) is 5.55 Å². The van der Waals surface area contributed by atoms with Crippen molar-refractivity contribution in [1.29, 1.82) is 0 Å². The Morgan fingerprint density at radius 1 is 1.70 bits per heavy atom. The van der Waals surface area contributed by atoms with Gasteiger partial charge in [0.2, 0.25) is 0 Å². The number of nitrogens with zero attached hydrogens (tertiary/aromatic N) is 2. The van der Waals surface area contributed by atoms with Gasteiger partial charge in [-0.05, 0) is 19.1 Å². The Bertz CT molecular complexity index is 245. The summed E-state index contributed by atoms with van der Waals surface area (Å²) in [5, 5.41) is 0. The highest BCUT2D eigenvalue weighted by atomic mass is 32.1. The summed E-state index contributed by atoms with van der Waals surface area (Å²) in [4.78, 5) is 8.03. The summed E-state index contributed by atoms with van der Waals surface area (Å²) in [6.45, 7) is 1.91. The summed E-state index contributed by atoms with van der Waals surface area (Å²) < 4.78 is 0. The van der Waals surface area contributed by atoms with Crippen LogP contribution in [0.4, 0.5) is 5.69 Å². The molecule has 1 rings (SSSR count). The maximum atomic E-state index is 4.05. The molecule has 0 saturated carbocycles. The van der Waals surface area contributed by atoms with Gasteiger partial charge in [-0.1, -0.05) is 0 Å². The number of hydrogen-bond acceptors (Lipinski definition) is 2. The molecule has 0 unspecified atom stereocenters. The van der Waals surface area contributed by atoms with Crippen LogP contribution in [0.15, 0.2) is 23.3 Å². The van der Waals surface area contributed by atoms with E-state index in [4.69, 9.17) is 0 Å². The Labute approximate surface area is 65.4 Å². The van der Waals surface area contributed by atoms with E-state index in [9.17, 15) is 0 Å². The van der Waals surface area contributed by atoms with E-state index in [1.54, 1.807) is 6.20 Å². The third kappa shape index (κ3) is 1.57. The molecule has 2 nitrogen and oxygen atoms in total. The van der Waals surface area contributed by atoms with E-state index in [0.717, 1.165) is 11.4 Å². The molecule has 1 heterocycles. The summed E-state index contributed by atoms with van der Waals surface area (Å²) in [5.74, 6) is 0. The number of aryl methyl sites for hydroxylation is 1. The zero-order valence-electron chi connectivity index (χ0n) is 5.65. The normalized spacial score (nSPS) is 10.6. The molecule has 0 aromatic carbocycles. The molecule has 0 aliphatic carbocycles. The first-order valence-corrected chi connectivity index (χ1v) is 3.44. The lowest BCUT2D eigenvalue weighted by atomic mass is 10.3. The molecule has 0 amide bonds. The molecule has 52 valence electrons. The predicted molar refractivity (Wildman–Crippen MR) is 46.1 cm³/mol. The van der Waals surface area contributed by atoms with E-state index in [1.807, 2.05) is 19.1 Å². The van der Waals surface area contributed by atoms with Gasteiger partial charge in [0.15, 0.2) is 0 Å². The first-order valence-electron chi connectivity index (χ1n) is 2.93. The maximum absolute atomic E-state index is 4.05. The molecule has 0 aliphatic rings. The average molecular weight is 152 g/mol. The summed E-state index contributed by atoms with van der Waals surface area (Å²) >= 11 is 3.86. The molecule has 0 N–H and O–H groups in total. The zero-order chi connectivity index (χ0) is 7.40. The number of aromatic nitrogens is 1. The van der Waals surface area contributed by atoms with Crippen molar-refractivity contribution in [1.82, 2.24) is 4.98 Å². The average Bonchev–Trinajstić information content (AvgIpc) is 1.94. The van der Waals surface area contributed by atoms with Gasteiger partial charge < -0.3 is 0 Å². The van der Waals surface area contributed by atoms with E-state index < -0.39 is 0 Å². The molecular formula is C7H8N2S. The molecule has 0 spiro atoms. The third-order valence-electron chi connectivity index (χ3n) is 1.18. The second-order valence-electron chi connectivity index (χ2n) is 1.85. The monoisotopic (exact) mass is 152 g/mol. The van der Waals surface area contributed by atoms with Crippen LogP contribution in [0, 0.1) is 6.92 Å². The number of rotatable bonds is 1. The standard InChI is InChI=1S/C7H8N2S/c1-6-7(9-5-10)3-2-4-8-6/h2-5H,1H3,(H,9,10). The molecule has 0 bridgehead atoms. The minimum Gasteiger partial charge on any atom is -0.259 e. The smallest absolute Gasteiger partial charge is 0.0848 e. The molecule has 1 aromatic rings. The Hall–Kier alpha value is -0.830. The van der Waals surface area contributed by atoms with Crippen molar-refractivity contribution in [3.8, 4) is 0 Å². The van der Waals surface area contributed by atoms with Crippen molar-refractivity contribution >= 4 is 23.9 Å². The molecule has 1 aromatic heterocycles. The molecule has 0 saturated heterocycles. The van der Waals surface area contributed by atoms with Crippen LogP contribution >= 0.6 is 12.6 Å². The first kappa shape index (κ1) is 7.28. The molecule has 10 heavy (non-hydrogen) atoms. The van der Waals surface area contributed by atoms with E-state index in [-0.39, 0.29) is 0 Å². The van der Waals surface area contributed by atoms with Crippen LogP contribution in [0.3, 0.4) is 0 Å². The van der Waals surface area contributed by atoms with Crippen molar-refractivity contribution in [2.24, 2.45) is 4.99 Å². The summed E-state index contributed by atoms with van der Waals surface area (Å²) in [5.41, 5.74) is 3.26. The van der Waals surface area contributed by atoms with E-state index in [0.29, 0.717) is 0 Å². The number of aliphatic imine (C=N–C) groups is 1. The van der Waals surface area contributed by atoms with Crippen molar-refractivity contribution in [2.75, 3.05) is 0 Å². The Morgan fingerprint density at radius 3 is 3.10 bits per heavy atom. The largest absolute Gasteiger partial charge is 0.259 e. The van der Waals surface area contributed by atoms with Gasteiger partial charge in [-0.2, -0.15) is 0 Å². The van der Waals surface area contributed by atoms with Gasteiger partial charge in [0, 0.05) is 6.20 Å². The fourth-order valence-corrected chi connectivity index (χ4v) is 0.799. The second kappa shape index (κ2) is 3.37. The lowest BCUT2D eigenvalue weighted by Gasteiger charge is -1.94. The van der Waals surface area contributed by atoms with Gasteiger partial charge in [-0.3, -0.25) is 4.98 Å². The van der Waals surface area contributed by atoms with Crippen molar-refractivity contribution < 1.29 is 0 Å². The SMILES string of the molecule is Cc1ncccc1/N=C\S. The van der Waals surface area contributed by atoms with Crippen LogP contribution in [0.1, 0.15) is 5.69 Å². The van der Waals surface area contributed by atoms with Crippen LogP contribution < -0.4 is 0 Å². The van der Waals surface area contributed by atoms with Gasteiger partial charge in [-0.15, -0.1) is 12.6 Å². The van der Waals surface area contributed by atoms with Gasteiger partial charge in [0.1, 0.15) is 0 Å². The van der Waals surface area contributed by atoms with Crippen LogP contribution in [0.2, 0.25) is 0 Å². The lowest BCUT2D eigenvalue weighted by molar-refractivity contribution is 1.19. The van der Waals surface area contributed by atoms with Crippen molar-refractivity contribution in [2.45, 2.75) is 6.92 Å². The van der Waals surface area contributed by atoms with Gasteiger partial charge >= 0.3 is 0 Å². The third-order valence-corrected chi connectivity index (χ3v) is 1.29. The quantitative estimate of drug-likeness (QED) is 0.371. The topological polar surface area (TPSA) is 25.2 Å². The summed E-state index contributed by atoms with van der Waals surface area (Å²) in [6.07, 6.45) is 1.74. The highest BCUT2D eigenvalue weighted by Crippen LogP contribution is 2.13. The van der Waals surface area contributed by atoms with Gasteiger partial charge in [0.05, 0.1) is 16.9 Å². The molecule has 0 radical (unpaired) electrons. The van der Waals surface area contributed by atoms with Crippen molar-refractivity contribution in [3.63, 3.8) is 0 Å². The molecule has 3 heteroatoms. The number of pyridine rings is 1. The Kier molecular flexibility index (Phi) is 2.45. The number of hydrogen-bond donors (Lipinski definition) is 1. The first-order chi connectivity index (χ1) is 4.84. The van der Waals surface area contributed by atoms with Crippen LogP contribution in [-0.4, -0.2) is 10.5 Å². The van der Waals surface area contributed by atoms with Crippen molar-refractivity contribution in [3.05, 3.63) is 24.0 Å². The van der Waals surface area contributed by atoms with Gasteiger partial charge in [0.25, 0.3) is 0 Å². The fraction of sp³-hybridized carbons (Fsp3) is 0.143. The lowest BCUT2D eigenvalue weighted by Crippen LogP contribution is -1.77. The summed E-state index contributed by atoms with van der Waals surface area (Å²) in [6, 6.07) is 3.75. The van der Waals surface area contributed by atoms with E-state index >= 15 is 0 Å². The molecular weight excluding hydrogens is 144 g/mol. The molecule has 0 fully saturated rings. The van der Waals surface area contributed by atoms with Crippen LogP contribution in [0.5, 0.6) is 0 Å². The van der Waals surface area contributed by atoms with Crippen LogP contribution in [0.25, 0.3) is 0 Å². The fourth-order valence-electron chi connectivity index (χ4n) is 0.674. The van der Waals surface area contributed by atoms with Gasteiger partial charge in [-0.25, -0.2) is 4.99 Å². The van der Waals surface area contributed by atoms with Crippen LogP contribution in [-0.2, 0) is 0 Å². The summed E-state index contributed by atoms with van der Waals surface area (Å²) in [7, 11) is 0. The highest BCUT2D eigenvalue weighted by Gasteiger charge is 1.91. The minimum atomic E-state index is 0.873. The van der Waals surface area contributed by atoms with E-state index in [2.05, 4.69) is 22.6 Å². The zero-order valence-corrected chi connectivity index (χ0v) is 6.55. The Morgan fingerprint density at radius 2 is 2.50 bits per heavy atom. The molecule has 0 aliphatic heterocycles. The highest BCUT2D eigenvalue weighted by molar-refractivity contribution is 7.94. The minimum absolute atomic E-state index is 0.873. The second-order valence-corrected chi connectivity index (χ2v) is 2.08. The predicted octanol–water partition coefficient (Wildman–Crippen LogP) is 1.98. The molecule has 0 atom stereocenters.